The van der Waals surface area contributed by atoms with Crippen LogP contribution in [0.3, 0.4) is 0 Å². The van der Waals surface area contributed by atoms with Crippen LogP contribution >= 0.6 is 11.8 Å². The van der Waals surface area contributed by atoms with E-state index in [4.69, 9.17) is 4.74 Å². The molecule has 0 spiro atoms. The third-order valence-corrected chi connectivity index (χ3v) is 4.77. The average Bonchev–Trinajstić information content (AvgIpc) is 3.10. The van der Waals surface area contributed by atoms with Crippen LogP contribution in [0.15, 0.2) is 83.8 Å². The molecule has 0 unspecified atom stereocenters. The van der Waals surface area contributed by atoms with Gasteiger partial charge in [-0.05, 0) is 49.3 Å². The van der Waals surface area contributed by atoms with Crippen molar-refractivity contribution in [2.24, 2.45) is 4.99 Å². The van der Waals surface area contributed by atoms with Crippen molar-refractivity contribution >= 4 is 21.7 Å². The van der Waals surface area contributed by atoms with Crippen molar-refractivity contribution in [2.75, 3.05) is 7.11 Å². The number of methoxy groups -OCH3 is 1. The molecule has 1 aliphatic rings. The number of aromatic nitrogens is 1. The summed E-state index contributed by atoms with van der Waals surface area (Å²) in [6.07, 6.45) is 7.78. The second-order valence-electron chi connectivity index (χ2n) is 5.44. The first kappa shape index (κ1) is 17.8. The quantitative estimate of drug-likeness (QED) is 0.717. The predicted molar refractivity (Wildman–Crippen MR) is 110 cm³/mol. The molecule has 0 N–H and O–H groups in total. The second kappa shape index (κ2) is 8.37. The minimum Gasteiger partial charge on any atom is -0.497 e. The molecule has 0 atom stereocenters. The summed E-state index contributed by atoms with van der Waals surface area (Å²) in [7, 11) is 1.64. The van der Waals surface area contributed by atoms with Crippen LogP contribution in [0.4, 0.5) is 0 Å². The van der Waals surface area contributed by atoms with Crippen LogP contribution in [0.5, 0.6) is 5.75 Å². The van der Waals surface area contributed by atoms with Gasteiger partial charge in [-0.15, -0.1) is 0 Å². The van der Waals surface area contributed by atoms with Gasteiger partial charge in [0.1, 0.15) is 16.5 Å². The zero-order chi connectivity index (χ0) is 18.4. The summed E-state index contributed by atoms with van der Waals surface area (Å²) in [5.74, 6) is 6.90. The molecule has 2 heterocycles. The largest absolute Gasteiger partial charge is 0.497 e. The van der Waals surface area contributed by atoms with Gasteiger partial charge in [0, 0.05) is 34.0 Å². The topological polar surface area (TPSA) is 34.5 Å². The van der Waals surface area contributed by atoms with Gasteiger partial charge in [-0.2, -0.15) is 0 Å². The first-order chi connectivity index (χ1) is 12.7. The first-order valence-corrected chi connectivity index (χ1v) is 8.91. The summed E-state index contributed by atoms with van der Waals surface area (Å²) >= 11 is 1.61. The highest BCUT2D eigenvalue weighted by Gasteiger charge is 2.18. The fraction of sp³-hybridized carbons (Fsp3) is 0.0909. The molecule has 0 radical (unpaired) electrons. The summed E-state index contributed by atoms with van der Waals surface area (Å²) in [5, 5.41) is 0.903. The molecule has 1 aliphatic heterocycles. The van der Waals surface area contributed by atoms with Crippen LogP contribution in [0.1, 0.15) is 18.1 Å². The van der Waals surface area contributed by atoms with Gasteiger partial charge < -0.3 is 4.74 Å². The fourth-order valence-electron chi connectivity index (χ4n) is 2.31. The van der Waals surface area contributed by atoms with Crippen LogP contribution in [0, 0.1) is 11.8 Å². The molecule has 0 saturated heterocycles. The summed E-state index contributed by atoms with van der Waals surface area (Å²) in [6, 6.07) is 11.6. The van der Waals surface area contributed by atoms with Crippen molar-refractivity contribution < 1.29 is 4.74 Å². The molecular weight excluding hydrogens is 340 g/mol. The Morgan fingerprint density at radius 3 is 2.73 bits per heavy atom. The summed E-state index contributed by atoms with van der Waals surface area (Å²) in [6.45, 7) is 5.97. The van der Waals surface area contributed by atoms with Gasteiger partial charge in [-0.1, -0.05) is 36.4 Å². The normalized spacial score (nSPS) is 16.2. The fourth-order valence-corrected chi connectivity index (χ4v) is 3.39. The van der Waals surface area contributed by atoms with Gasteiger partial charge in [0.25, 0.3) is 0 Å². The Labute approximate surface area is 158 Å². The molecule has 3 rings (SSSR count). The third-order valence-electron chi connectivity index (χ3n) is 3.67. The van der Waals surface area contributed by atoms with E-state index >= 15 is 0 Å². The zero-order valence-electron chi connectivity index (χ0n) is 14.7. The smallest absolute Gasteiger partial charge is 0.118 e. The monoisotopic (exact) mass is 358 g/mol. The molecule has 0 aliphatic carbocycles. The number of pyridine rings is 1. The molecular formula is C22H18N2OS. The number of hydrogen-bond donors (Lipinski definition) is 0. The lowest BCUT2D eigenvalue weighted by atomic mass is 10.2. The molecule has 26 heavy (non-hydrogen) atoms. The SMILES string of the molecule is C=C(C#Cc1ccc(OC)cc1)/N=C1/SC(c2cccnc2)=C/C1=C/C. The lowest BCUT2D eigenvalue weighted by Crippen LogP contribution is -1.90. The summed E-state index contributed by atoms with van der Waals surface area (Å²) in [5.41, 5.74) is 3.58. The van der Waals surface area contributed by atoms with E-state index in [1.54, 1.807) is 25.1 Å². The third kappa shape index (κ3) is 4.33. The Hall–Kier alpha value is -3.03. The number of ether oxygens (including phenoxy) is 1. The maximum Gasteiger partial charge on any atom is 0.118 e. The van der Waals surface area contributed by atoms with Crippen LogP contribution in [-0.4, -0.2) is 17.1 Å². The van der Waals surface area contributed by atoms with Crippen molar-refractivity contribution in [1.82, 2.24) is 4.98 Å². The van der Waals surface area contributed by atoms with Gasteiger partial charge in [-0.3, -0.25) is 4.98 Å². The van der Waals surface area contributed by atoms with Gasteiger partial charge in [-0.25, -0.2) is 4.99 Å². The van der Waals surface area contributed by atoms with Crippen LogP contribution in [0.25, 0.3) is 4.91 Å². The van der Waals surface area contributed by atoms with E-state index in [0.717, 1.165) is 32.4 Å². The lowest BCUT2D eigenvalue weighted by molar-refractivity contribution is 0.415. The first-order valence-electron chi connectivity index (χ1n) is 8.10. The van der Waals surface area contributed by atoms with Gasteiger partial charge in [0.15, 0.2) is 0 Å². The van der Waals surface area contributed by atoms with Crippen molar-refractivity contribution in [3.05, 3.63) is 89.9 Å². The summed E-state index contributed by atoms with van der Waals surface area (Å²) in [4.78, 5) is 9.90. The number of allylic oxidation sites excluding steroid dienone is 3. The van der Waals surface area contributed by atoms with Crippen molar-refractivity contribution in [2.45, 2.75) is 6.92 Å². The van der Waals surface area contributed by atoms with E-state index in [0.29, 0.717) is 5.70 Å². The molecule has 4 heteroatoms. The van der Waals surface area contributed by atoms with E-state index in [-0.39, 0.29) is 0 Å². The maximum absolute atomic E-state index is 5.15. The Kier molecular flexibility index (Phi) is 5.73. The zero-order valence-corrected chi connectivity index (χ0v) is 15.5. The van der Waals surface area contributed by atoms with Crippen LogP contribution < -0.4 is 4.74 Å². The van der Waals surface area contributed by atoms with Crippen LogP contribution in [-0.2, 0) is 0 Å². The Morgan fingerprint density at radius 2 is 2.08 bits per heavy atom. The average molecular weight is 358 g/mol. The van der Waals surface area contributed by atoms with Gasteiger partial charge in [0.05, 0.1) is 7.11 Å². The van der Waals surface area contributed by atoms with E-state index in [2.05, 4.69) is 34.5 Å². The van der Waals surface area contributed by atoms with Crippen molar-refractivity contribution in [3.63, 3.8) is 0 Å². The van der Waals surface area contributed by atoms with E-state index < -0.39 is 0 Å². The number of rotatable bonds is 3. The standard InChI is InChI=1S/C22H18N2OS/c1-4-18-14-21(19-6-5-13-23-15-19)26-22(18)24-16(2)7-8-17-9-11-20(25-3)12-10-17/h4-6,9-15H,2H2,1,3H3/b18-4-,24-22+. The Morgan fingerprint density at radius 1 is 1.27 bits per heavy atom. The number of thioether (sulfide) groups is 1. The molecule has 1 aromatic carbocycles. The van der Waals surface area contributed by atoms with E-state index in [1.165, 1.54) is 0 Å². The molecule has 2 aromatic rings. The second-order valence-corrected chi connectivity index (χ2v) is 6.47. The molecule has 3 nitrogen and oxygen atoms in total. The van der Waals surface area contributed by atoms with Crippen molar-refractivity contribution in [1.29, 1.82) is 0 Å². The van der Waals surface area contributed by atoms with Gasteiger partial charge in [0.2, 0.25) is 0 Å². The highest BCUT2D eigenvalue weighted by Crippen LogP contribution is 2.38. The number of benzene rings is 1. The van der Waals surface area contributed by atoms with E-state index in [1.807, 2.05) is 55.6 Å². The molecule has 0 bridgehead atoms. The predicted octanol–water partition coefficient (Wildman–Crippen LogP) is 5.09. The molecule has 0 amide bonds. The van der Waals surface area contributed by atoms with Crippen LogP contribution in [0.2, 0.25) is 0 Å². The highest BCUT2D eigenvalue weighted by molar-refractivity contribution is 8.22. The Balaban J connectivity index is 1.75. The molecule has 0 fully saturated rings. The van der Waals surface area contributed by atoms with E-state index in [9.17, 15) is 0 Å². The number of nitrogens with zero attached hydrogens (tertiary/aromatic N) is 2. The van der Waals surface area contributed by atoms with Gasteiger partial charge >= 0.3 is 0 Å². The lowest BCUT2D eigenvalue weighted by Gasteiger charge is -2.00. The minimum atomic E-state index is 0.531. The number of aliphatic imine (C=N–C) groups is 1. The molecule has 1 aromatic heterocycles. The summed E-state index contributed by atoms with van der Waals surface area (Å²) < 4.78 is 5.15. The molecule has 0 saturated carbocycles. The minimum absolute atomic E-state index is 0.531. The maximum atomic E-state index is 5.15. The Bertz CT molecular complexity index is 959. The highest BCUT2D eigenvalue weighted by atomic mass is 32.2. The molecule has 128 valence electrons. The van der Waals surface area contributed by atoms with Crippen molar-refractivity contribution in [3.8, 4) is 17.6 Å². The number of hydrogen-bond acceptors (Lipinski definition) is 4.